The lowest BCUT2D eigenvalue weighted by Crippen LogP contribution is -2.04. The molecular formula is C18H18N6. The summed E-state index contributed by atoms with van der Waals surface area (Å²) in [4.78, 5) is 8.48. The standard InChI is InChI=1S/C18H18N6/c1-14-10-17-18(20-7-9-24(17)22-14)21-11-15-2-4-16(5-3-15)12-23-8-6-19-13-23/h2-10,13H,11-12H2,1H3,(H,20,21). The van der Waals surface area contributed by atoms with Crippen molar-refractivity contribution in [2.45, 2.75) is 20.0 Å². The number of fused-ring (bicyclic) bond motifs is 1. The molecule has 6 heteroatoms. The lowest BCUT2D eigenvalue weighted by atomic mass is 10.1. The first kappa shape index (κ1) is 14.4. The van der Waals surface area contributed by atoms with Crippen LogP contribution in [0.2, 0.25) is 0 Å². The molecule has 1 N–H and O–H groups in total. The monoisotopic (exact) mass is 318 g/mol. The van der Waals surface area contributed by atoms with Crippen molar-refractivity contribution in [3.05, 3.63) is 78.3 Å². The van der Waals surface area contributed by atoms with Crippen LogP contribution >= 0.6 is 0 Å². The Labute approximate surface area is 139 Å². The molecule has 0 radical (unpaired) electrons. The first-order valence-electron chi connectivity index (χ1n) is 7.86. The molecule has 0 amide bonds. The second-order valence-corrected chi connectivity index (χ2v) is 5.80. The molecule has 0 fully saturated rings. The minimum absolute atomic E-state index is 0.724. The van der Waals surface area contributed by atoms with Crippen molar-refractivity contribution in [2.75, 3.05) is 5.32 Å². The number of hydrogen-bond donors (Lipinski definition) is 1. The quantitative estimate of drug-likeness (QED) is 0.615. The second kappa shape index (κ2) is 6.16. The van der Waals surface area contributed by atoms with Crippen LogP contribution in [0.3, 0.4) is 0 Å². The van der Waals surface area contributed by atoms with Crippen molar-refractivity contribution in [3.63, 3.8) is 0 Å². The van der Waals surface area contributed by atoms with Gasteiger partial charge in [-0.05, 0) is 24.1 Å². The van der Waals surface area contributed by atoms with Crippen LogP contribution in [0.1, 0.15) is 16.8 Å². The highest BCUT2D eigenvalue weighted by Gasteiger charge is 2.05. The topological polar surface area (TPSA) is 60.0 Å². The molecule has 0 aliphatic rings. The van der Waals surface area contributed by atoms with Gasteiger partial charge in [0, 0.05) is 37.9 Å². The van der Waals surface area contributed by atoms with Gasteiger partial charge in [-0.25, -0.2) is 14.5 Å². The van der Waals surface area contributed by atoms with Crippen LogP contribution in [-0.4, -0.2) is 24.1 Å². The third-order valence-corrected chi connectivity index (χ3v) is 3.92. The molecule has 0 saturated carbocycles. The van der Waals surface area contributed by atoms with Crippen LogP contribution in [0.15, 0.2) is 61.4 Å². The summed E-state index contributed by atoms with van der Waals surface area (Å²) in [5, 5.41) is 7.80. The minimum Gasteiger partial charge on any atom is -0.364 e. The number of hydrogen-bond acceptors (Lipinski definition) is 4. The smallest absolute Gasteiger partial charge is 0.152 e. The Bertz CT molecular complexity index is 937. The van der Waals surface area contributed by atoms with Crippen LogP contribution in [-0.2, 0) is 13.1 Å². The van der Waals surface area contributed by atoms with E-state index in [4.69, 9.17) is 0 Å². The van der Waals surface area contributed by atoms with Gasteiger partial charge in [-0.1, -0.05) is 24.3 Å². The zero-order valence-corrected chi connectivity index (χ0v) is 13.4. The fraction of sp³-hybridized carbons (Fsp3) is 0.167. The normalized spacial score (nSPS) is 11.0. The van der Waals surface area contributed by atoms with Gasteiger partial charge >= 0.3 is 0 Å². The number of aromatic nitrogens is 5. The molecule has 120 valence electrons. The Kier molecular flexibility index (Phi) is 3.70. The van der Waals surface area contributed by atoms with Crippen LogP contribution < -0.4 is 5.32 Å². The Morgan fingerprint density at radius 2 is 1.88 bits per heavy atom. The fourth-order valence-electron chi connectivity index (χ4n) is 2.72. The summed E-state index contributed by atoms with van der Waals surface area (Å²) in [5.74, 6) is 0.848. The third-order valence-electron chi connectivity index (χ3n) is 3.92. The molecule has 0 unspecified atom stereocenters. The van der Waals surface area contributed by atoms with Gasteiger partial charge in [0.2, 0.25) is 0 Å². The zero-order valence-electron chi connectivity index (χ0n) is 13.4. The molecule has 24 heavy (non-hydrogen) atoms. The highest BCUT2D eigenvalue weighted by Crippen LogP contribution is 2.16. The number of nitrogens with zero attached hydrogens (tertiary/aromatic N) is 5. The van der Waals surface area contributed by atoms with Gasteiger partial charge in [-0.15, -0.1) is 0 Å². The Morgan fingerprint density at radius 1 is 1.04 bits per heavy atom. The van der Waals surface area contributed by atoms with E-state index < -0.39 is 0 Å². The molecule has 1 aromatic carbocycles. The van der Waals surface area contributed by atoms with Gasteiger partial charge in [0.15, 0.2) is 5.82 Å². The lowest BCUT2D eigenvalue weighted by Gasteiger charge is -2.08. The van der Waals surface area contributed by atoms with Gasteiger partial charge in [-0.3, -0.25) is 0 Å². The van der Waals surface area contributed by atoms with Crippen molar-refractivity contribution in [3.8, 4) is 0 Å². The first-order valence-corrected chi connectivity index (χ1v) is 7.86. The maximum absolute atomic E-state index is 4.42. The van der Waals surface area contributed by atoms with E-state index in [1.165, 1.54) is 11.1 Å². The first-order chi connectivity index (χ1) is 11.8. The van der Waals surface area contributed by atoms with Crippen molar-refractivity contribution in [1.82, 2.24) is 24.1 Å². The highest BCUT2D eigenvalue weighted by atomic mass is 15.2. The Balaban J connectivity index is 1.45. The predicted molar refractivity (Wildman–Crippen MR) is 92.8 cm³/mol. The number of anilines is 1. The fourth-order valence-corrected chi connectivity index (χ4v) is 2.72. The predicted octanol–water partition coefficient (Wildman–Crippen LogP) is 2.89. The van der Waals surface area contributed by atoms with Crippen molar-refractivity contribution in [1.29, 1.82) is 0 Å². The molecule has 0 saturated heterocycles. The van der Waals surface area contributed by atoms with Crippen LogP contribution in [0.25, 0.3) is 5.52 Å². The number of imidazole rings is 1. The average molecular weight is 318 g/mol. The summed E-state index contributed by atoms with van der Waals surface area (Å²) >= 11 is 0. The van der Waals surface area contributed by atoms with Crippen LogP contribution in [0, 0.1) is 6.92 Å². The van der Waals surface area contributed by atoms with Gasteiger partial charge in [0.1, 0.15) is 5.52 Å². The Hall–Kier alpha value is -3.15. The molecular weight excluding hydrogens is 300 g/mol. The summed E-state index contributed by atoms with van der Waals surface area (Å²) in [6.45, 7) is 3.54. The molecule has 0 spiro atoms. The SMILES string of the molecule is Cc1cc2c(NCc3ccc(Cn4ccnc4)cc3)nccn2n1. The van der Waals surface area contributed by atoms with Crippen molar-refractivity contribution < 1.29 is 0 Å². The highest BCUT2D eigenvalue weighted by molar-refractivity contribution is 5.67. The minimum atomic E-state index is 0.724. The number of benzene rings is 1. The van der Waals surface area contributed by atoms with Crippen molar-refractivity contribution in [2.24, 2.45) is 0 Å². The maximum Gasteiger partial charge on any atom is 0.152 e. The van der Waals surface area contributed by atoms with Gasteiger partial charge in [0.05, 0.1) is 12.0 Å². The van der Waals surface area contributed by atoms with Gasteiger partial charge in [0.25, 0.3) is 0 Å². The third kappa shape index (κ3) is 2.99. The summed E-state index contributed by atoms with van der Waals surface area (Å²) in [7, 11) is 0. The molecule has 6 nitrogen and oxygen atoms in total. The van der Waals surface area contributed by atoms with E-state index in [0.29, 0.717) is 0 Å². The molecule has 0 atom stereocenters. The van der Waals surface area contributed by atoms with E-state index in [-0.39, 0.29) is 0 Å². The number of aryl methyl sites for hydroxylation is 1. The second-order valence-electron chi connectivity index (χ2n) is 5.80. The number of nitrogens with one attached hydrogen (secondary N) is 1. The summed E-state index contributed by atoms with van der Waals surface area (Å²) < 4.78 is 3.90. The molecule has 0 bridgehead atoms. The van der Waals surface area contributed by atoms with E-state index in [2.05, 4.69) is 49.2 Å². The average Bonchev–Trinajstić information content (AvgIpc) is 3.22. The van der Waals surface area contributed by atoms with E-state index >= 15 is 0 Å². The molecule has 3 aromatic heterocycles. The molecule has 3 heterocycles. The molecule has 0 aliphatic carbocycles. The van der Waals surface area contributed by atoms with Gasteiger partial charge in [-0.2, -0.15) is 5.10 Å². The summed E-state index contributed by atoms with van der Waals surface area (Å²) in [6.07, 6.45) is 9.21. The van der Waals surface area contributed by atoms with E-state index in [1.807, 2.05) is 36.2 Å². The number of rotatable bonds is 5. The molecule has 4 aromatic rings. The summed E-state index contributed by atoms with van der Waals surface area (Å²) in [6, 6.07) is 10.6. The molecule has 0 aliphatic heterocycles. The zero-order chi connectivity index (χ0) is 16.4. The van der Waals surface area contributed by atoms with Gasteiger partial charge < -0.3 is 9.88 Å². The van der Waals surface area contributed by atoms with Crippen LogP contribution in [0.5, 0.6) is 0 Å². The molecule has 4 rings (SSSR count). The maximum atomic E-state index is 4.42. The largest absolute Gasteiger partial charge is 0.364 e. The summed E-state index contributed by atoms with van der Waals surface area (Å²) in [5.41, 5.74) is 4.44. The lowest BCUT2D eigenvalue weighted by molar-refractivity contribution is 0.797. The Morgan fingerprint density at radius 3 is 2.67 bits per heavy atom. The van der Waals surface area contributed by atoms with Crippen molar-refractivity contribution >= 4 is 11.3 Å². The van der Waals surface area contributed by atoms with E-state index in [9.17, 15) is 0 Å². The van der Waals surface area contributed by atoms with E-state index in [0.717, 1.165) is 30.1 Å². The van der Waals surface area contributed by atoms with Crippen LogP contribution in [0.4, 0.5) is 5.82 Å². The van der Waals surface area contributed by atoms with E-state index in [1.54, 1.807) is 12.4 Å².